The number of fused-ring (bicyclic) bond motifs is 5. The number of rotatable bonds is 14. The number of hydrogen-bond acceptors (Lipinski definition) is 2. The lowest BCUT2D eigenvalue weighted by Crippen LogP contribution is -2.46. The summed E-state index contributed by atoms with van der Waals surface area (Å²) in [7, 11) is 0. The van der Waals surface area contributed by atoms with Crippen LogP contribution in [-0.4, -0.2) is 12.1 Å². The Morgan fingerprint density at radius 1 is 0.905 bits per heavy atom. The minimum atomic E-state index is -0.143. The third-order valence-electron chi connectivity index (χ3n) is 12.5. The maximum absolute atomic E-state index is 12.6. The van der Waals surface area contributed by atoms with Gasteiger partial charge in [0.25, 0.3) is 0 Å². The van der Waals surface area contributed by atoms with E-state index in [0.29, 0.717) is 29.1 Å². The average molecular weight is 577 g/mol. The van der Waals surface area contributed by atoms with Crippen LogP contribution >= 0.6 is 0 Å². The normalized spacial score (nSPS) is 34.1. The fourth-order valence-corrected chi connectivity index (χ4v) is 9.28. The van der Waals surface area contributed by atoms with Crippen molar-refractivity contribution in [3.8, 4) is 0 Å². The van der Waals surface area contributed by atoms with E-state index < -0.39 is 0 Å². The van der Waals surface area contributed by atoms with Gasteiger partial charge >= 0.3 is 5.97 Å². The van der Waals surface area contributed by atoms with Gasteiger partial charge in [0.1, 0.15) is 6.10 Å². The molecule has 2 heteroatoms. The molecule has 42 heavy (non-hydrogen) atoms. The highest BCUT2D eigenvalue weighted by Gasteiger charge is 2.57. The standard InChI is InChI=1S/C40H64O2/c1-8-9-10-11-12-13-14-15-16-17-38(41)42-33-24-26-39(6)32(28-33)20-21-34-36-23-22-35(40(36,7)27-25-37(34)39)31(5)19-18-30(4)29(2)3/h16-21,29-31,33,35-37H,8-15,22-28H2,1-7H3/t30-,31+,33?,35+,36-,37-,39-,40+/m0/s1. The number of carbonyl (C=O) groups is 1. The molecule has 4 rings (SSSR count). The lowest BCUT2D eigenvalue weighted by molar-refractivity contribution is -0.144. The third kappa shape index (κ3) is 7.55. The molecule has 236 valence electrons. The Hall–Kier alpha value is -1.57. The van der Waals surface area contributed by atoms with E-state index in [2.05, 4.69) is 72.8 Å². The summed E-state index contributed by atoms with van der Waals surface area (Å²) in [4.78, 5) is 12.6. The summed E-state index contributed by atoms with van der Waals surface area (Å²) in [5.41, 5.74) is 3.94. The highest BCUT2D eigenvalue weighted by molar-refractivity contribution is 5.82. The van der Waals surface area contributed by atoms with Gasteiger partial charge in [-0.05, 0) is 97.7 Å². The van der Waals surface area contributed by atoms with Gasteiger partial charge in [0, 0.05) is 12.5 Å². The predicted octanol–water partition coefficient (Wildman–Crippen LogP) is 11.6. The molecule has 0 N–H and O–H groups in total. The molecule has 3 fully saturated rings. The quantitative estimate of drug-likeness (QED) is 0.0889. The lowest BCUT2D eigenvalue weighted by atomic mass is 9.50. The minimum absolute atomic E-state index is 0.0283. The first-order valence-electron chi connectivity index (χ1n) is 18.1. The largest absolute Gasteiger partial charge is 0.459 e. The number of esters is 1. The van der Waals surface area contributed by atoms with E-state index in [1.165, 1.54) is 76.2 Å². The maximum atomic E-state index is 12.6. The Labute approximate surface area is 259 Å². The zero-order valence-corrected chi connectivity index (χ0v) is 28.4. The maximum Gasteiger partial charge on any atom is 0.330 e. The minimum Gasteiger partial charge on any atom is -0.459 e. The number of ether oxygens (including phenoxy) is 1. The van der Waals surface area contributed by atoms with E-state index in [1.807, 2.05) is 6.08 Å². The fourth-order valence-electron chi connectivity index (χ4n) is 9.28. The van der Waals surface area contributed by atoms with Crippen molar-refractivity contribution in [2.45, 2.75) is 151 Å². The SMILES string of the molecule is CCCCCCCCCC=CC(=O)OC1CC[C@@]2(C)C(=CC=C3[C@@H]4CC[C@H]([C@H](C)C=C[C@H](C)C(C)C)[C@@]4(C)CC[C@@H]32)C1. The van der Waals surface area contributed by atoms with Gasteiger partial charge in [-0.25, -0.2) is 4.79 Å². The van der Waals surface area contributed by atoms with E-state index in [9.17, 15) is 4.79 Å². The van der Waals surface area contributed by atoms with Gasteiger partial charge in [0.05, 0.1) is 0 Å². The molecule has 0 aromatic carbocycles. The van der Waals surface area contributed by atoms with Crippen molar-refractivity contribution in [2.75, 3.05) is 0 Å². The van der Waals surface area contributed by atoms with Crippen molar-refractivity contribution in [3.05, 3.63) is 47.6 Å². The van der Waals surface area contributed by atoms with Crippen LogP contribution < -0.4 is 0 Å². The molecule has 0 spiro atoms. The van der Waals surface area contributed by atoms with Crippen LogP contribution in [0.2, 0.25) is 0 Å². The molecule has 0 aromatic rings. The molecule has 0 saturated heterocycles. The van der Waals surface area contributed by atoms with Crippen LogP contribution in [0.1, 0.15) is 145 Å². The van der Waals surface area contributed by atoms with Crippen molar-refractivity contribution >= 4 is 5.97 Å². The summed E-state index contributed by atoms with van der Waals surface area (Å²) in [5.74, 6) is 4.05. The summed E-state index contributed by atoms with van der Waals surface area (Å²) in [5, 5.41) is 0. The Morgan fingerprint density at radius 3 is 2.38 bits per heavy atom. The molecule has 0 amide bonds. The first-order chi connectivity index (χ1) is 20.1. The van der Waals surface area contributed by atoms with Crippen molar-refractivity contribution < 1.29 is 9.53 Å². The van der Waals surface area contributed by atoms with Gasteiger partial charge < -0.3 is 4.74 Å². The molecule has 0 aromatic heterocycles. The lowest BCUT2D eigenvalue weighted by Gasteiger charge is -2.55. The third-order valence-corrected chi connectivity index (χ3v) is 12.5. The molecule has 3 saturated carbocycles. The second-order valence-electron chi connectivity index (χ2n) is 15.6. The molecule has 1 unspecified atom stereocenters. The molecular weight excluding hydrogens is 512 g/mol. The zero-order valence-electron chi connectivity index (χ0n) is 28.4. The molecule has 4 aliphatic carbocycles. The first-order valence-corrected chi connectivity index (χ1v) is 18.1. The monoisotopic (exact) mass is 576 g/mol. The first kappa shape index (κ1) is 33.3. The predicted molar refractivity (Wildman–Crippen MR) is 179 cm³/mol. The van der Waals surface area contributed by atoms with Crippen LogP contribution in [0.5, 0.6) is 0 Å². The zero-order chi connectivity index (χ0) is 30.3. The summed E-state index contributed by atoms with van der Waals surface area (Å²) >= 11 is 0. The van der Waals surface area contributed by atoms with Gasteiger partial charge in [0.15, 0.2) is 0 Å². The molecule has 0 radical (unpaired) electrons. The number of unbranched alkanes of at least 4 members (excludes halogenated alkanes) is 7. The molecular formula is C40H64O2. The molecule has 2 nitrogen and oxygen atoms in total. The van der Waals surface area contributed by atoms with Crippen LogP contribution in [0.25, 0.3) is 0 Å². The smallest absolute Gasteiger partial charge is 0.330 e. The highest BCUT2D eigenvalue weighted by atomic mass is 16.5. The topological polar surface area (TPSA) is 26.3 Å². The second kappa shape index (κ2) is 14.9. The van der Waals surface area contributed by atoms with E-state index in [1.54, 1.807) is 11.6 Å². The summed E-state index contributed by atoms with van der Waals surface area (Å²) < 4.78 is 5.98. The number of hydrogen-bond donors (Lipinski definition) is 0. The van der Waals surface area contributed by atoms with Gasteiger partial charge in [-0.3, -0.25) is 0 Å². The van der Waals surface area contributed by atoms with Gasteiger partial charge in [-0.15, -0.1) is 0 Å². The Bertz CT molecular complexity index is 1010. The van der Waals surface area contributed by atoms with Crippen LogP contribution in [0.3, 0.4) is 0 Å². The van der Waals surface area contributed by atoms with Crippen LogP contribution in [0.4, 0.5) is 0 Å². The van der Waals surface area contributed by atoms with Crippen molar-refractivity contribution in [1.82, 2.24) is 0 Å². The summed E-state index contributed by atoms with van der Waals surface area (Å²) in [6, 6.07) is 0. The Balaban J connectivity index is 1.32. The van der Waals surface area contributed by atoms with Crippen LogP contribution in [0.15, 0.2) is 47.6 Å². The van der Waals surface area contributed by atoms with E-state index in [-0.39, 0.29) is 17.5 Å². The van der Waals surface area contributed by atoms with Gasteiger partial charge in [0.2, 0.25) is 0 Å². The van der Waals surface area contributed by atoms with Crippen molar-refractivity contribution in [2.24, 2.45) is 46.3 Å². The number of allylic oxidation sites excluding steroid dienone is 6. The van der Waals surface area contributed by atoms with E-state index >= 15 is 0 Å². The molecule has 4 aliphatic rings. The fraction of sp³-hybridized carbons (Fsp3) is 0.775. The van der Waals surface area contributed by atoms with Crippen LogP contribution in [-0.2, 0) is 9.53 Å². The summed E-state index contributed by atoms with van der Waals surface area (Å²) in [6.07, 6.45) is 32.3. The molecule has 0 bridgehead atoms. The highest BCUT2D eigenvalue weighted by Crippen LogP contribution is 2.66. The Kier molecular flexibility index (Phi) is 11.9. The van der Waals surface area contributed by atoms with Crippen molar-refractivity contribution in [1.29, 1.82) is 0 Å². The molecule has 0 aliphatic heterocycles. The molecule has 8 atom stereocenters. The Morgan fingerprint density at radius 2 is 1.64 bits per heavy atom. The second-order valence-corrected chi connectivity index (χ2v) is 15.6. The van der Waals surface area contributed by atoms with Gasteiger partial charge in [-0.2, -0.15) is 0 Å². The average Bonchev–Trinajstić information content (AvgIpc) is 3.32. The van der Waals surface area contributed by atoms with Crippen LogP contribution in [0, 0.1) is 46.3 Å². The summed E-state index contributed by atoms with van der Waals surface area (Å²) in [6.45, 7) is 16.9. The number of carbonyl (C=O) groups excluding carboxylic acids is 1. The van der Waals surface area contributed by atoms with E-state index in [4.69, 9.17) is 4.74 Å². The van der Waals surface area contributed by atoms with E-state index in [0.717, 1.165) is 37.5 Å². The van der Waals surface area contributed by atoms with Gasteiger partial charge in [-0.1, -0.05) is 129 Å². The van der Waals surface area contributed by atoms with Crippen molar-refractivity contribution in [3.63, 3.8) is 0 Å². The molecule has 0 heterocycles.